The SMILES string of the molecule is N/C(=N/O)c1ccc(OCc2ccc(Br)cc2Cl)cc1. The summed E-state index contributed by atoms with van der Waals surface area (Å²) in [7, 11) is 0. The van der Waals surface area contributed by atoms with Gasteiger partial charge in [-0.15, -0.1) is 0 Å². The first-order valence-corrected chi connectivity index (χ1v) is 6.92. The highest BCUT2D eigenvalue weighted by atomic mass is 79.9. The van der Waals surface area contributed by atoms with Crippen molar-refractivity contribution in [3.05, 3.63) is 63.1 Å². The summed E-state index contributed by atoms with van der Waals surface area (Å²) in [6.07, 6.45) is 0. The van der Waals surface area contributed by atoms with Gasteiger partial charge < -0.3 is 15.7 Å². The summed E-state index contributed by atoms with van der Waals surface area (Å²) < 4.78 is 6.56. The van der Waals surface area contributed by atoms with Crippen molar-refractivity contribution in [3.8, 4) is 5.75 Å². The number of nitrogens with two attached hydrogens (primary N) is 1. The van der Waals surface area contributed by atoms with E-state index in [9.17, 15) is 0 Å². The van der Waals surface area contributed by atoms with Gasteiger partial charge in [0, 0.05) is 20.6 Å². The standard InChI is InChI=1S/C14H12BrClN2O2/c15-11-4-1-10(13(16)7-11)8-20-12-5-2-9(3-6-12)14(17)18-19/h1-7,19H,8H2,(H2,17,18). The second-order valence-electron chi connectivity index (χ2n) is 4.03. The van der Waals surface area contributed by atoms with E-state index >= 15 is 0 Å². The third-order valence-electron chi connectivity index (χ3n) is 2.67. The monoisotopic (exact) mass is 354 g/mol. The highest BCUT2D eigenvalue weighted by Crippen LogP contribution is 2.23. The maximum atomic E-state index is 8.58. The number of nitrogens with zero attached hydrogens (tertiary/aromatic N) is 1. The van der Waals surface area contributed by atoms with Crippen LogP contribution in [0.2, 0.25) is 5.02 Å². The van der Waals surface area contributed by atoms with Gasteiger partial charge in [-0.1, -0.05) is 38.8 Å². The van der Waals surface area contributed by atoms with Crippen LogP contribution < -0.4 is 10.5 Å². The fraction of sp³-hybridized carbons (Fsp3) is 0.0714. The molecular formula is C14H12BrClN2O2. The molecule has 0 aromatic heterocycles. The zero-order valence-corrected chi connectivity index (χ0v) is 12.7. The Balaban J connectivity index is 2.04. The number of benzene rings is 2. The molecule has 2 aromatic carbocycles. The first-order valence-electron chi connectivity index (χ1n) is 5.75. The summed E-state index contributed by atoms with van der Waals surface area (Å²) in [4.78, 5) is 0. The van der Waals surface area contributed by atoms with E-state index in [1.807, 2.05) is 18.2 Å². The maximum Gasteiger partial charge on any atom is 0.170 e. The first-order chi connectivity index (χ1) is 9.60. The van der Waals surface area contributed by atoms with Crippen LogP contribution in [0.5, 0.6) is 5.75 Å². The lowest BCUT2D eigenvalue weighted by molar-refractivity contribution is 0.306. The molecular weight excluding hydrogens is 344 g/mol. The van der Waals surface area contributed by atoms with E-state index in [-0.39, 0.29) is 5.84 Å². The van der Waals surface area contributed by atoms with Gasteiger partial charge >= 0.3 is 0 Å². The molecule has 0 aliphatic rings. The second kappa shape index (κ2) is 6.63. The van der Waals surface area contributed by atoms with Crippen molar-refractivity contribution in [1.29, 1.82) is 0 Å². The number of oxime groups is 1. The summed E-state index contributed by atoms with van der Waals surface area (Å²) in [6.45, 7) is 0.370. The van der Waals surface area contributed by atoms with Gasteiger partial charge in [-0.05, 0) is 36.4 Å². The maximum absolute atomic E-state index is 8.58. The Bertz CT molecular complexity index is 630. The molecule has 3 N–H and O–H groups in total. The number of rotatable bonds is 4. The molecule has 0 saturated heterocycles. The number of hydrogen-bond acceptors (Lipinski definition) is 3. The molecule has 0 radical (unpaired) electrons. The number of ether oxygens (including phenoxy) is 1. The molecule has 104 valence electrons. The van der Waals surface area contributed by atoms with Gasteiger partial charge in [0.15, 0.2) is 5.84 Å². The quantitative estimate of drug-likeness (QED) is 0.379. The molecule has 2 aromatic rings. The van der Waals surface area contributed by atoms with Gasteiger partial charge in [0.25, 0.3) is 0 Å². The average Bonchev–Trinajstić information content (AvgIpc) is 2.46. The summed E-state index contributed by atoms with van der Waals surface area (Å²) in [5.74, 6) is 0.742. The van der Waals surface area contributed by atoms with Crippen LogP contribution >= 0.6 is 27.5 Å². The molecule has 0 amide bonds. The Morgan fingerprint density at radius 2 is 1.95 bits per heavy atom. The summed E-state index contributed by atoms with van der Waals surface area (Å²) >= 11 is 9.46. The molecule has 2 rings (SSSR count). The van der Waals surface area contributed by atoms with Crippen molar-refractivity contribution >= 4 is 33.4 Å². The van der Waals surface area contributed by atoms with Gasteiger partial charge in [-0.25, -0.2) is 0 Å². The molecule has 0 bridgehead atoms. The van der Waals surface area contributed by atoms with E-state index in [1.165, 1.54) is 0 Å². The van der Waals surface area contributed by atoms with E-state index in [0.29, 0.717) is 22.9 Å². The molecule has 0 heterocycles. The van der Waals surface area contributed by atoms with E-state index in [2.05, 4.69) is 21.1 Å². The molecule has 4 nitrogen and oxygen atoms in total. The molecule has 0 saturated carbocycles. The highest BCUT2D eigenvalue weighted by molar-refractivity contribution is 9.10. The number of hydrogen-bond donors (Lipinski definition) is 2. The molecule has 0 aliphatic heterocycles. The van der Waals surface area contributed by atoms with E-state index in [1.54, 1.807) is 24.3 Å². The Labute approximate surface area is 129 Å². The predicted octanol–water partition coefficient (Wildman–Crippen LogP) is 3.78. The molecule has 6 heteroatoms. The highest BCUT2D eigenvalue weighted by Gasteiger charge is 2.03. The van der Waals surface area contributed by atoms with Gasteiger partial charge in [0.05, 0.1) is 0 Å². The first kappa shape index (κ1) is 14.7. The van der Waals surface area contributed by atoms with Crippen LogP contribution in [0, 0.1) is 0 Å². The largest absolute Gasteiger partial charge is 0.489 e. The topological polar surface area (TPSA) is 67.8 Å². The fourth-order valence-corrected chi connectivity index (χ4v) is 2.31. The van der Waals surface area contributed by atoms with Gasteiger partial charge in [0.2, 0.25) is 0 Å². The zero-order valence-electron chi connectivity index (χ0n) is 10.4. The Morgan fingerprint density at radius 3 is 2.55 bits per heavy atom. The number of amidine groups is 1. The third-order valence-corrected chi connectivity index (χ3v) is 3.51. The van der Waals surface area contributed by atoms with Crippen LogP contribution in [0.4, 0.5) is 0 Å². The van der Waals surface area contributed by atoms with Crippen molar-refractivity contribution in [2.75, 3.05) is 0 Å². The third kappa shape index (κ3) is 3.65. The van der Waals surface area contributed by atoms with Crippen molar-refractivity contribution in [1.82, 2.24) is 0 Å². The summed E-state index contributed by atoms with van der Waals surface area (Å²) in [6, 6.07) is 12.6. The average molecular weight is 356 g/mol. The molecule has 20 heavy (non-hydrogen) atoms. The Hall–Kier alpha value is -1.72. The number of halogens is 2. The Morgan fingerprint density at radius 1 is 1.25 bits per heavy atom. The fourth-order valence-electron chi connectivity index (χ4n) is 1.58. The molecule has 0 aliphatic carbocycles. The van der Waals surface area contributed by atoms with Crippen molar-refractivity contribution in [2.24, 2.45) is 10.9 Å². The van der Waals surface area contributed by atoms with Gasteiger partial charge in [0.1, 0.15) is 12.4 Å². The summed E-state index contributed by atoms with van der Waals surface area (Å²) in [5, 5.41) is 12.2. The van der Waals surface area contributed by atoms with Gasteiger partial charge in [-0.3, -0.25) is 0 Å². The molecule has 0 fully saturated rings. The van der Waals surface area contributed by atoms with Crippen LogP contribution in [0.3, 0.4) is 0 Å². The van der Waals surface area contributed by atoms with E-state index in [0.717, 1.165) is 10.0 Å². The van der Waals surface area contributed by atoms with Crippen LogP contribution in [-0.4, -0.2) is 11.0 Å². The molecule has 0 spiro atoms. The summed E-state index contributed by atoms with van der Waals surface area (Å²) in [5.41, 5.74) is 7.01. The minimum absolute atomic E-state index is 0.0625. The van der Waals surface area contributed by atoms with Crippen molar-refractivity contribution < 1.29 is 9.94 Å². The second-order valence-corrected chi connectivity index (χ2v) is 5.36. The lowest BCUT2D eigenvalue weighted by atomic mass is 10.2. The normalized spacial score (nSPS) is 11.4. The van der Waals surface area contributed by atoms with Crippen LogP contribution in [0.15, 0.2) is 52.1 Å². The van der Waals surface area contributed by atoms with Crippen LogP contribution in [0.25, 0.3) is 0 Å². The molecule has 0 unspecified atom stereocenters. The minimum atomic E-state index is 0.0625. The van der Waals surface area contributed by atoms with Crippen LogP contribution in [0.1, 0.15) is 11.1 Å². The Kier molecular flexibility index (Phi) is 4.87. The van der Waals surface area contributed by atoms with E-state index < -0.39 is 0 Å². The van der Waals surface area contributed by atoms with Crippen molar-refractivity contribution in [2.45, 2.75) is 6.61 Å². The molecule has 0 atom stereocenters. The minimum Gasteiger partial charge on any atom is -0.489 e. The lowest BCUT2D eigenvalue weighted by Gasteiger charge is -2.08. The van der Waals surface area contributed by atoms with Crippen LogP contribution in [-0.2, 0) is 6.61 Å². The van der Waals surface area contributed by atoms with Crippen molar-refractivity contribution in [3.63, 3.8) is 0 Å². The predicted molar refractivity (Wildman–Crippen MR) is 82.4 cm³/mol. The van der Waals surface area contributed by atoms with Gasteiger partial charge in [-0.2, -0.15) is 0 Å². The zero-order chi connectivity index (χ0) is 14.5. The van der Waals surface area contributed by atoms with E-state index in [4.69, 9.17) is 27.3 Å². The smallest absolute Gasteiger partial charge is 0.170 e. The lowest BCUT2D eigenvalue weighted by Crippen LogP contribution is -2.12.